The maximum absolute atomic E-state index is 13.0. The highest BCUT2D eigenvalue weighted by Crippen LogP contribution is 2.29. The average molecular weight is 280 g/mol. The second-order valence-corrected chi connectivity index (χ2v) is 5.32. The van der Waals surface area contributed by atoms with Crippen LogP contribution in [-0.4, -0.2) is 18.6 Å². The maximum Gasteiger partial charge on any atom is 0.253 e. The Morgan fingerprint density at radius 3 is 2.90 bits per heavy atom. The molecular weight excluding hydrogens is 259 g/mol. The summed E-state index contributed by atoms with van der Waals surface area (Å²) >= 11 is 0. The van der Waals surface area contributed by atoms with Crippen LogP contribution in [0, 0.1) is 11.7 Å². The van der Waals surface area contributed by atoms with E-state index in [-0.39, 0.29) is 11.6 Å². The lowest BCUT2D eigenvalue weighted by Crippen LogP contribution is -2.28. The number of nitrogens with one attached hydrogen (secondary N) is 1. The van der Waals surface area contributed by atoms with Crippen molar-refractivity contribution in [2.24, 2.45) is 5.92 Å². The number of nitrogens with two attached hydrogens (primary N) is 1. The van der Waals surface area contributed by atoms with Gasteiger partial charge in [-0.3, -0.25) is 4.79 Å². The Labute approximate surface area is 118 Å². The van der Waals surface area contributed by atoms with Gasteiger partial charge in [0.1, 0.15) is 11.9 Å². The van der Waals surface area contributed by atoms with Crippen LogP contribution in [0.4, 0.5) is 15.8 Å². The highest BCUT2D eigenvalue weighted by atomic mass is 19.1. The molecule has 5 heteroatoms. The van der Waals surface area contributed by atoms with E-state index in [4.69, 9.17) is 10.5 Å². The fourth-order valence-corrected chi connectivity index (χ4v) is 2.13. The van der Waals surface area contributed by atoms with Crippen molar-refractivity contribution < 1.29 is 13.9 Å². The summed E-state index contributed by atoms with van der Waals surface area (Å²) in [6, 6.07) is 4.10. The molecule has 0 aliphatic heterocycles. The van der Waals surface area contributed by atoms with Gasteiger partial charge in [0.05, 0.1) is 5.69 Å². The molecule has 0 bridgehead atoms. The summed E-state index contributed by atoms with van der Waals surface area (Å²) in [7, 11) is 0. The lowest BCUT2D eigenvalue weighted by atomic mass is 9.83. The summed E-state index contributed by atoms with van der Waals surface area (Å²) in [5.74, 6) is 0.0274. The summed E-state index contributed by atoms with van der Waals surface area (Å²) in [6.07, 6.45) is 4.35. The Balaban J connectivity index is 1.75. The third-order valence-electron chi connectivity index (χ3n) is 3.75. The molecule has 1 aliphatic rings. The molecule has 4 nitrogen and oxygen atoms in total. The number of benzene rings is 1. The first-order chi connectivity index (χ1) is 9.56. The number of carbonyl (C=O) groups is 1. The second kappa shape index (κ2) is 6.70. The molecule has 1 atom stereocenters. The van der Waals surface area contributed by atoms with Crippen LogP contribution >= 0.6 is 0 Å². The summed E-state index contributed by atoms with van der Waals surface area (Å²) in [5.41, 5.74) is 5.94. The Hall–Kier alpha value is -1.62. The zero-order chi connectivity index (χ0) is 14.5. The number of nitrogen functional groups attached to an aromatic ring is 1. The minimum Gasteiger partial charge on any atom is -0.396 e. The van der Waals surface area contributed by atoms with Gasteiger partial charge >= 0.3 is 0 Å². The predicted octanol–water partition coefficient (Wildman–Crippen LogP) is 2.94. The Kier molecular flexibility index (Phi) is 4.95. The number of carbonyl (C=O) groups excluding carboxylic acids is 1. The van der Waals surface area contributed by atoms with Crippen LogP contribution in [0.5, 0.6) is 0 Å². The summed E-state index contributed by atoms with van der Waals surface area (Å²) in [4.78, 5) is 11.9. The van der Waals surface area contributed by atoms with Crippen LogP contribution in [0.25, 0.3) is 0 Å². The smallest absolute Gasteiger partial charge is 0.253 e. The third kappa shape index (κ3) is 3.93. The van der Waals surface area contributed by atoms with Crippen molar-refractivity contribution in [1.82, 2.24) is 0 Å². The fraction of sp³-hybridized carbons (Fsp3) is 0.533. The number of amides is 1. The quantitative estimate of drug-likeness (QED) is 0.787. The van der Waals surface area contributed by atoms with Crippen molar-refractivity contribution in [1.29, 1.82) is 0 Å². The van der Waals surface area contributed by atoms with Gasteiger partial charge in [-0.05, 0) is 37.5 Å². The minimum absolute atomic E-state index is 0.0151. The average Bonchev–Trinajstić information content (AvgIpc) is 2.36. The van der Waals surface area contributed by atoms with E-state index >= 15 is 0 Å². The first-order valence-electron chi connectivity index (χ1n) is 7.03. The Bertz CT molecular complexity index is 475. The second-order valence-electron chi connectivity index (χ2n) is 5.32. The molecule has 110 valence electrons. The molecule has 0 aromatic heterocycles. The first-order valence-corrected chi connectivity index (χ1v) is 7.03. The van der Waals surface area contributed by atoms with Crippen molar-refractivity contribution in [3.63, 3.8) is 0 Å². The molecule has 1 amide bonds. The monoisotopic (exact) mass is 280 g/mol. The fourth-order valence-electron chi connectivity index (χ4n) is 2.13. The van der Waals surface area contributed by atoms with Crippen LogP contribution < -0.4 is 11.1 Å². The number of halogens is 1. The summed E-state index contributed by atoms with van der Waals surface area (Å²) in [6.45, 7) is 2.31. The number of ether oxygens (including phenoxy) is 1. The van der Waals surface area contributed by atoms with E-state index in [1.54, 1.807) is 6.92 Å². The van der Waals surface area contributed by atoms with Crippen LogP contribution in [0.3, 0.4) is 0 Å². The third-order valence-corrected chi connectivity index (χ3v) is 3.75. The van der Waals surface area contributed by atoms with Crippen molar-refractivity contribution in [3.8, 4) is 0 Å². The van der Waals surface area contributed by atoms with Crippen LogP contribution in [0.2, 0.25) is 0 Å². The molecular formula is C15H21FN2O2. The van der Waals surface area contributed by atoms with E-state index in [1.807, 2.05) is 0 Å². The number of hydrogen-bond donors (Lipinski definition) is 2. The van der Waals surface area contributed by atoms with Crippen molar-refractivity contribution in [2.45, 2.75) is 38.7 Å². The Morgan fingerprint density at radius 1 is 1.55 bits per heavy atom. The molecule has 2 rings (SSSR count). The van der Waals surface area contributed by atoms with E-state index in [2.05, 4.69) is 5.32 Å². The van der Waals surface area contributed by atoms with E-state index < -0.39 is 11.9 Å². The maximum atomic E-state index is 13.0. The van der Waals surface area contributed by atoms with Crippen molar-refractivity contribution in [2.75, 3.05) is 17.7 Å². The molecule has 0 radical (unpaired) electrons. The van der Waals surface area contributed by atoms with E-state index in [0.717, 1.165) is 12.3 Å². The zero-order valence-electron chi connectivity index (χ0n) is 11.7. The highest BCUT2D eigenvalue weighted by Gasteiger charge is 2.19. The van der Waals surface area contributed by atoms with E-state index in [9.17, 15) is 9.18 Å². The van der Waals surface area contributed by atoms with Gasteiger partial charge in [-0.2, -0.15) is 0 Å². The highest BCUT2D eigenvalue weighted by molar-refractivity contribution is 5.94. The first kappa shape index (κ1) is 14.8. The molecule has 0 spiro atoms. The SMILES string of the molecule is CC(OCCC1CCC1)C(=O)Nc1ccc(F)c(N)c1. The lowest BCUT2D eigenvalue weighted by molar-refractivity contribution is -0.126. The molecule has 1 aromatic rings. The standard InChI is InChI=1S/C15H21FN2O2/c1-10(20-8-7-11-3-2-4-11)15(19)18-12-5-6-13(16)14(17)9-12/h5-6,9-11H,2-4,7-8,17H2,1H3,(H,18,19). The van der Waals surface area contributed by atoms with Gasteiger partial charge in [-0.15, -0.1) is 0 Å². The normalized spacial score (nSPS) is 16.5. The number of rotatable bonds is 6. The van der Waals surface area contributed by atoms with Crippen molar-refractivity contribution in [3.05, 3.63) is 24.0 Å². The predicted molar refractivity (Wildman–Crippen MR) is 76.8 cm³/mol. The lowest BCUT2D eigenvalue weighted by Gasteiger charge is -2.25. The topological polar surface area (TPSA) is 64.3 Å². The Morgan fingerprint density at radius 2 is 2.30 bits per heavy atom. The largest absolute Gasteiger partial charge is 0.396 e. The van der Waals surface area contributed by atoms with E-state index in [0.29, 0.717) is 12.3 Å². The van der Waals surface area contributed by atoms with Gasteiger partial charge < -0.3 is 15.8 Å². The number of anilines is 2. The van der Waals surface area contributed by atoms with Gasteiger partial charge in [0.15, 0.2) is 0 Å². The van der Waals surface area contributed by atoms with Gasteiger partial charge in [0.25, 0.3) is 5.91 Å². The van der Waals surface area contributed by atoms with Crippen molar-refractivity contribution >= 4 is 17.3 Å². The van der Waals surface area contributed by atoms with Gasteiger partial charge in [0.2, 0.25) is 0 Å². The van der Waals surface area contributed by atoms with Gasteiger partial charge in [-0.1, -0.05) is 19.3 Å². The molecule has 1 unspecified atom stereocenters. The molecule has 1 saturated carbocycles. The molecule has 1 aliphatic carbocycles. The van der Waals surface area contributed by atoms with E-state index in [1.165, 1.54) is 37.5 Å². The van der Waals surface area contributed by atoms with Gasteiger partial charge in [-0.25, -0.2) is 4.39 Å². The zero-order valence-corrected chi connectivity index (χ0v) is 11.7. The molecule has 0 heterocycles. The molecule has 0 saturated heterocycles. The minimum atomic E-state index is -0.527. The summed E-state index contributed by atoms with van der Waals surface area (Å²) < 4.78 is 18.5. The molecule has 1 fully saturated rings. The molecule has 1 aromatic carbocycles. The van der Waals surface area contributed by atoms with Crippen LogP contribution in [0.15, 0.2) is 18.2 Å². The molecule has 20 heavy (non-hydrogen) atoms. The number of hydrogen-bond acceptors (Lipinski definition) is 3. The van der Waals surface area contributed by atoms with Gasteiger partial charge in [0, 0.05) is 12.3 Å². The summed E-state index contributed by atoms with van der Waals surface area (Å²) in [5, 5.41) is 2.67. The van der Waals surface area contributed by atoms with Crippen LogP contribution in [0.1, 0.15) is 32.6 Å². The molecule has 3 N–H and O–H groups in total. The van der Waals surface area contributed by atoms with Crippen LogP contribution in [-0.2, 0) is 9.53 Å².